The number of aromatic hydroxyl groups is 1. The second kappa shape index (κ2) is 6.57. The minimum atomic E-state index is 0.176. The lowest BCUT2D eigenvalue weighted by atomic mass is 10.0. The summed E-state index contributed by atoms with van der Waals surface area (Å²) in [7, 11) is 2.00. The van der Waals surface area contributed by atoms with Crippen LogP contribution in [-0.2, 0) is 20.1 Å². The topological polar surface area (TPSA) is 63.4 Å². The number of imidazole rings is 1. The Morgan fingerprint density at radius 2 is 2.16 bits per heavy atom. The van der Waals surface area contributed by atoms with Gasteiger partial charge in [-0.3, -0.25) is 9.88 Å². The fourth-order valence-corrected chi connectivity index (χ4v) is 3.14. The summed E-state index contributed by atoms with van der Waals surface area (Å²) in [6.07, 6.45) is 7.29. The molecule has 0 radical (unpaired) electrons. The molecule has 0 saturated heterocycles. The Morgan fingerprint density at radius 1 is 1.24 bits per heavy atom. The molecular weight excluding hydrogens is 316 g/mol. The molecule has 1 aromatic carbocycles. The molecule has 1 N–H and O–H groups in total. The van der Waals surface area contributed by atoms with E-state index in [0.29, 0.717) is 18.9 Å². The lowest BCUT2D eigenvalue weighted by molar-refractivity contribution is 0.212. The fraction of sp³-hybridized carbons (Fsp3) is 0.263. The number of phenols is 1. The third kappa shape index (κ3) is 3.21. The third-order valence-electron chi connectivity index (χ3n) is 4.47. The Hall–Kier alpha value is -2.86. The molecule has 3 heterocycles. The van der Waals surface area contributed by atoms with Gasteiger partial charge in [-0.2, -0.15) is 0 Å². The third-order valence-corrected chi connectivity index (χ3v) is 4.47. The summed E-state index contributed by atoms with van der Waals surface area (Å²) in [6, 6.07) is 7.69. The summed E-state index contributed by atoms with van der Waals surface area (Å²) in [4.78, 5) is 10.8. The van der Waals surface area contributed by atoms with Crippen LogP contribution in [0, 0.1) is 0 Å². The number of aryl methyl sites for hydroxylation is 1. The molecule has 128 valence electrons. The number of fused-ring (bicyclic) bond motifs is 1. The Balaban J connectivity index is 1.65. The van der Waals surface area contributed by atoms with Gasteiger partial charge in [-0.25, -0.2) is 4.98 Å². The molecule has 0 aliphatic carbocycles. The highest BCUT2D eigenvalue weighted by molar-refractivity contribution is 5.68. The highest BCUT2D eigenvalue weighted by Crippen LogP contribution is 2.37. The zero-order valence-electron chi connectivity index (χ0n) is 14.1. The first-order valence-electron chi connectivity index (χ1n) is 8.28. The lowest BCUT2D eigenvalue weighted by Gasteiger charge is -2.19. The zero-order chi connectivity index (χ0) is 17.2. The summed E-state index contributed by atoms with van der Waals surface area (Å²) in [5, 5.41) is 10.4. The van der Waals surface area contributed by atoms with E-state index in [2.05, 4.69) is 20.9 Å². The first-order valence-corrected chi connectivity index (χ1v) is 8.28. The molecule has 25 heavy (non-hydrogen) atoms. The van der Waals surface area contributed by atoms with Crippen molar-refractivity contribution in [1.82, 2.24) is 19.4 Å². The van der Waals surface area contributed by atoms with Crippen molar-refractivity contribution in [2.24, 2.45) is 7.05 Å². The van der Waals surface area contributed by atoms with Gasteiger partial charge >= 0.3 is 0 Å². The summed E-state index contributed by atoms with van der Waals surface area (Å²) in [5.41, 5.74) is 2.89. The van der Waals surface area contributed by atoms with Crippen LogP contribution in [0.2, 0.25) is 0 Å². The van der Waals surface area contributed by atoms with E-state index in [1.807, 2.05) is 36.1 Å². The summed E-state index contributed by atoms with van der Waals surface area (Å²) < 4.78 is 7.84. The van der Waals surface area contributed by atoms with E-state index in [1.54, 1.807) is 18.5 Å². The van der Waals surface area contributed by atoms with Crippen molar-refractivity contribution in [2.45, 2.75) is 13.1 Å². The highest BCUT2D eigenvalue weighted by atomic mass is 16.5. The van der Waals surface area contributed by atoms with E-state index in [1.165, 1.54) is 0 Å². The molecule has 0 unspecified atom stereocenters. The molecule has 6 nitrogen and oxygen atoms in total. The summed E-state index contributed by atoms with van der Waals surface area (Å²) in [6.45, 7) is 2.76. The maximum Gasteiger partial charge on any atom is 0.165 e. The first-order chi connectivity index (χ1) is 12.2. The number of benzene rings is 1. The van der Waals surface area contributed by atoms with Gasteiger partial charge in [0.25, 0.3) is 0 Å². The van der Waals surface area contributed by atoms with Crippen LogP contribution in [0.15, 0.2) is 49.1 Å². The average Bonchev–Trinajstić information content (AvgIpc) is 2.90. The molecule has 0 saturated carbocycles. The van der Waals surface area contributed by atoms with Crippen LogP contribution in [0.3, 0.4) is 0 Å². The number of aromatic nitrogens is 3. The van der Waals surface area contributed by atoms with Gasteiger partial charge in [0.1, 0.15) is 12.4 Å². The number of hydrogen-bond acceptors (Lipinski definition) is 5. The minimum absolute atomic E-state index is 0.176. The van der Waals surface area contributed by atoms with Crippen LogP contribution in [0.25, 0.3) is 11.1 Å². The smallest absolute Gasteiger partial charge is 0.165 e. The van der Waals surface area contributed by atoms with Crippen LogP contribution >= 0.6 is 0 Å². The molecule has 2 aromatic heterocycles. The van der Waals surface area contributed by atoms with Crippen molar-refractivity contribution in [3.63, 3.8) is 0 Å². The number of nitrogens with zero attached hydrogens (tertiary/aromatic N) is 4. The van der Waals surface area contributed by atoms with E-state index >= 15 is 0 Å². The second-order valence-electron chi connectivity index (χ2n) is 6.24. The lowest BCUT2D eigenvalue weighted by Crippen LogP contribution is -2.26. The quantitative estimate of drug-likeness (QED) is 0.796. The van der Waals surface area contributed by atoms with Crippen molar-refractivity contribution in [3.8, 4) is 22.6 Å². The molecule has 3 aromatic rings. The van der Waals surface area contributed by atoms with Crippen LogP contribution in [-0.4, -0.2) is 37.7 Å². The standard InChI is InChI=1S/C19H20N4O2/c1-22-6-5-21-18(22)13-23-7-8-25-19-16(12-23)9-15(10-17(19)24)14-3-2-4-20-11-14/h2-6,9-11,24H,7-8,12-13H2,1H3. The van der Waals surface area contributed by atoms with Crippen LogP contribution in [0.5, 0.6) is 11.5 Å². The maximum atomic E-state index is 10.4. The van der Waals surface area contributed by atoms with Crippen LogP contribution < -0.4 is 4.74 Å². The van der Waals surface area contributed by atoms with Gasteiger partial charge < -0.3 is 14.4 Å². The van der Waals surface area contributed by atoms with Crippen molar-refractivity contribution in [1.29, 1.82) is 0 Å². The Labute approximate surface area is 146 Å². The van der Waals surface area contributed by atoms with Gasteiger partial charge in [0.2, 0.25) is 0 Å². The van der Waals surface area contributed by atoms with Crippen LogP contribution in [0.1, 0.15) is 11.4 Å². The molecule has 0 amide bonds. The second-order valence-corrected chi connectivity index (χ2v) is 6.24. The van der Waals surface area contributed by atoms with Gasteiger partial charge in [0, 0.05) is 56.1 Å². The monoisotopic (exact) mass is 336 g/mol. The number of ether oxygens (including phenoxy) is 1. The molecular formula is C19H20N4O2. The van der Waals surface area contributed by atoms with Gasteiger partial charge in [-0.15, -0.1) is 0 Å². The summed E-state index contributed by atoms with van der Waals surface area (Å²) >= 11 is 0. The van der Waals surface area contributed by atoms with E-state index < -0.39 is 0 Å². The van der Waals surface area contributed by atoms with Gasteiger partial charge in [-0.1, -0.05) is 6.07 Å². The SMILES string of the molecule is Cn1ccnc1CN1CCOc2c(O)cc(-c3cccnc3)cc2C1. The molecule has 4 rings (SSSR count). The Morgan fingerprint density at radius 3 is 2.92 bits per heavy atom. The molecule has 1 aliphatic heterocycles. The van der Waals surface area contributed by atoms with E-state index in [4.69, 9.17) is 4.74 Å². The van der Waals surface area contributed by atoms with Crippen LogP contribution in [0.4, 0.5) is 0 Å². The minimum Gasteiger partial charge on any atom is -0.504 e. The van der Waals surface area contributed by atoms with Gasteiger partial charge in [-0.05, 0) is 23.8 Å². The summed E-state index contributed by atoms with van der Waals surface area (Å²) in [5.74, 6) is 1.77. The van der Waals surface area contributed by atoms with Gasteiger partial charge in [0.15, 0.2) is 11.5 Å². The fourth-order valence-electron chi connectivity index (χ4n) is 3.14. The van der Waals surface area contributed by atoms with Gasteiger partial charge in [0.05, 0.1) is 6.54 Å². The Kier molecular flexibility index (Phi) is 4.11. The molecule has 1 aliphatic rings. The highest BCUT2D eigenvalue weighted by Gasteiger charge is 2.20. The molecule has 0 atom stereocenters. The molecule has 6 heteroatoms. The van der Waals surface area contributed by atoms with E-state index in [0.717, 1.165) is 35.6 Å². The number of pyridine rings is 1. The first kappa shape index (κ1) is 15.7. The predicted molar refractivity (Wildman–Crippen MR) is 94.2 cm³/mol. The maximum absolute atomic E-state index is 10.4. The molecule has 0 bridgehead atoms. The number of hydrogen-bond donors (Lipinski definition) is 1. The largest absolute Gasteiger partial charge is 0.504 e. The predicted octanol–water partition coefficient (Wildman–Crippen LogP) is 2.58. The number of phenolic OH excluding ortho intramolecular Hbond substituents is 1. The number of rotatable bonds is 3. The molecule has 0 spiro atoms. The average molecular weight is 336 g/mol. The van der Waals surface area contributed by atoms with E-state index in [9.17, 15) is 5.11 Å². The van der Waals surface area contributed by atoms with Crippen molar-refractivity contribution < 1.29 is 9.84 Å². The zero-order valence-corrected chi connectivity index (χ0v) is 14.1. The normalized spacial score (nSPS) is 14.6. The van der Waals surface area contributed by atoms with Crippen molar-refractivity contribution in [2.75, 3.05) is 13.2 Å². The van der Waals surface area contributed by atoms with Crippen molar-refractivity contribution in [3.05, 3.63) is 60.4 Å². The van der Waals surface area contributed by atoms with E-state index in [-0.39, 0.29) is 5.75 Å². The Bertz CT molecular complexity index is 876. The van der Waals surface area contributed by atoms with Crippen molar-refractivity contribution >= 4 is 0 Å². The molecule has 0 fully saturated rings.